The van der Waals surface area contributed by atoms with E-state index in [2.05, 4.69) is 18.0 Å². The minimum atomic E-state index is -0.364. The van der Waals surface area contributed by atoms with E-state index in [4.69, 9.17) is 14.2 Å². The zero-order valence-electron chi connectivity index (χ0n) is 10.5. The van der Waals surface area contributed by atoms with Crippen LogP contribution in [0.15, 0.2) is 24.3 Å². The molecule has 1 aliphatic heterocycles. The molecule has 0 unspecified atom stereocenters. The fourth-order valence-corrected chi connectivity index (χ4v) is 2.16. The van der Waals surface area contributed by atoms with Gasteiger partial charge < -0.3 is 14.2 Å². The molecule has 0 amide bonds. The summed E-state index contributed by atoms with van der Waals surface area (Å²) in [6, 6.07) is 8.16. The number of methoxy groups -OCH3 is 1. The summed E-state index contributed by atoms with van der Waals surface area (Å²) < 4.78 is 16.4. The van der Waals surface area contributed by atoms with Crippen LogP contribution < -0.4 is 4.74 Å². The van der Waals surface area contributed by atoms with Crippen LogP contribution in [0.2, 0.25) is 0 Å². The molecule has 2 heterocycles. The molecule has 1 fully saturated rings. The van der Waals surface area contributed by atoms with Gasteiger partial charge in [0.05, 0.1) is 31.4 Å². The third-order valence-electron chi connectivity index (χ3n) is 3.03. The minimum Gasteiger partial charge on any atom is -0.481 e. The number of fused-ring (bicyclic) bond motifs is 1. The summed E-state index contributed by atoms with van der Waals surface area (Å²) in [5.41, 5.74) is 2.97. The van der Waals surface area contributed by atoms with Gasteiger partial charge in [-0.25, -0.2) is 4.98 Å². The molecule has 0 saturated carbocycles. The first-order chi connectivity index (χ1) is 8.78. The lowest BCUT2D eigenvalue weighted by Crippen LogP contribution is -2.03. The van der Waals surface area contributed by atoms with Crippen LogP contribution in [-0.4, -0.2) is 25.3 Å². The van der Waals surface area contributed by atoms with Gasteiger partial charge in [-0.05, 0) is 25.1 Å². The summed E-state index contributed by atoms with van der Waals surface area (Å²) in [6.45, 7) is 3.28. The Balaban J connectivity index is 2.15. The number of hydrogen-bond donors (Lipinski definition) is 0. The Labute approximate surface area is 105 Å². The lowest BCUT2D eigenvalue weighted by atomic mass is 10.1. The lowest BCUT2D eigenvalue weighted by Gasteiger charge is -2.14. The van der Waals surface area contributed by atoms with Gasteiger partial charge in [0.1, 0.15) is 0 Å². The van der Waals surface area contributed by atoms with Crippen molar-refractivity contribution in [3.63, 3.8) is 0 Å². The Morgan fingerprint density at radius 2 is 2.00 bits per heavy atom. The second kappa shape index (κ2) is 4.55. The number of aromatic nitrogens is 1. The third-order valence-corrected chi connectivity index (χ3v) is 3.03. The predicted molar refractivity (Wildman–Crippen MR) is 67.7 cm³/mol. The molecule has 0 radical (unpaired) electrons. The molecular weight excluding hydrogens is 230 g/mol. The fraction of sp³-hybridized carbons (Fsp3) is 0.357. The second-order valence-electron chi connectivity index (χ2n) is 4.36. The van der Waals surface area contributed by atoms with Crippen molar-refractivity contribution < 1.29 is 14.2 Å². The van der Waals surface area contributed by atoms with Crippen LogP contribution in [0.5, 0.6) is 5.88 Å². The molecule has 4 nitrogen and oxygen atoms in total. The summed E-state index contributed by atoms with van der Waals surface area (Å²) in [4.78, 5) is 4.50. The van der Waals surface area contributed by atoms with E-state index in [1.54, 1.807) is 7.11 Å². The van der Waals surface area contributed by atoms with Crippen molar-refractivity contribution in [2.24, 2.45) is 0 Å². The van der Waals surface area contributed by atoms with Gasteiger partial charge in [-0.3, -0.25) is 0 Å². The van der Waals surface area contributed by atoms with Crippen LogP contribution in [0.3, 0.4) is 0 Å². The second-order valence-corrected chi connectivity index (χ2v) is 4.36. The molecule has 1 aromatic carbocycles. The third kappa shape index (κ3) is 1.94. The number of hydrogen-bond acceptors (Lipinski definition) is 4. The predicted octanol–water partition coefficient (Wildman–Crippen LogP) is 2.60. The van der Waals surface area contributed by atoms with Crippen LogP contribution in [0.25, 0.3) is 10.9 Å². The van der Waals surface area contributed by atoms with Crippen molar-refractivity contribution in [1.29, 1.82) is 0 Å². The number of aryl methyl sites for hydroxylation is 1. The van der Waals surface area contributed by atoms with E-state index in [1.807, 2.05) is 18.2 Å². The minimum absolute atomic E-state index is 0.364. The molecule has 0 aliphatic carbocycles. The van der Waals surface area contributed by atoms with Crippen molar-refractivity contribution in [1.82, 2.24) is 4.98 Å². The number of rotatable bonds is 2. The van der Waals surface area contributed by atoms with E-state index < -0.39 is 0 Å². The van der Waals surface area contributed by atoms with E-state index in [-0.39, 0.29) is 6.29 Å². The van der Waals surface area contributed by atoms with Gasteiger partial charge in [-0.2, -0.15) is 0 Å². The highest BCUT2D eigenvalue weighted by Gasteiger charge is 2.23. The molecule has 18 heavy (non-hydrogen) atoms. The van der Waals surface area contributed by atoms with E-state index in [0.29, 0.717) is 19.1 Å². The number of pyridine rings is 1. The van der Waals surface area contributed by atoms with Gasteiger partial charge in [-0.15, -0.1) is 0 Å². The Morgan fingerprint density at radius 3 is 2.72 bits per heavy atom. The first-order valence-electron chi connectivity index (χ1n) is 5.96. The maximum absolute atomic E-state index is 5.52. The van der Waals surface area contributed by atoms with E-state index >= 15 is 0 Å². The molecule has 1 saturated heterocycles. The Bertz CT molecular complexity index is 577. The highest BCUT2D eigenvalue weighted by Crippen LogP contribution is 2.32. The SMILES string of the molecule is COc1nc2ccc(C)cc2cc1C1OCCO1. The first kappa shape index (κ1) is 11.4. The zero-order valence-corrected chi connectivity index (χ0v) is 10.5. The van der Waals surface area contributed by atoms with Crippen molar-refractivity contribution in [2.45, 2.75) is 13.2 Å². The van der Waals surface area contributed by atoms with E-state index in [1.165, 1.54) is 5.56 Å². The van der Waals surface area contributed by atoms with Crippen molar-refractivity contribution >= 4 is 10.9 Å². The van der Waals surface area contributed by atoms with Crippen LogP contribution in [0.1, 0.15) is 17.4 Å². The van der Waals surface area contributed by atoms with Crippen molar-refractivity contribution in [3.8, 4) is 5.88 Å². The number of nitrogens with zero attached hydrogens (tertiary/aromatic N) is 1. The molecule has 0 N–H and O–H groups in total. The monoisotopic (exact) mass is 245 g/mol. The summed E-state index contributed by atoms with van der Waals surface area (Å²) in [7, 11) is 1.61. The van der Waals surface area contributed by atoms with Crippen LogP contribution >= 0.6 is 0 Å². The number of ether oxygens (including phenoxy) is 3. The van der Waals surface area contributed by atoms with Gasteiger partial charge in [0.25, 0.3) is 0 Å². The molecule has 0 atom stereocenters. The first-order valence-corrected chi connectivity index (χ1v) is 5.96. The summed E-state index contributed by atoms with van der Waals surface area (Å²) in [5, 5.41) is 1.07. The van der Waals surface area contributed by atoms with Crippen LogP contribution in [0, 0.1) is 6.92 Å². The Kier molecular flexibility index (Phi) is 2.89. The smallest absolute Gasteiger partial charge is 0.222 e. The summed E-state index contributed by atoms with van der Waals surface area (Å²) >= 11 is 0. The van der Waals surface area contributed by atoms with E-state index in [0.717, 1.165) is 16.5 Å². The maximum Gasteiger partial charge on any atom is 0.222 e. The van der Waals surface area contributed by atoms with Gasteiger partial charge in [0.2, 0.25) is 5.88 Å². The molecule has 0 bridgehead atoms. The van der Waals surface area contributed by atoms with Crippen molar-refractivity contribution in [3.05, 3.63) is 35.4 Å². The average molecular weight is 245 g/mol. The molecule has 2 aromatic rings. The number of benzene rings is 1. The standard InChI is InChI=1S/C14H15NO3/c1-9-3-4-12-10(7-9)8-11(13(15-12)16-2)14-17-5-6-18-14/h3-4,7-8,14H,5-6H2,1-2H3. The molecule has 94 valence electrons. The van der Waals surface area contributed by atoms with Crippen LogP contribution in [0.4, 0.5) is 0 Å². The summed E-state index contributed by atoms with van der Waals surface area (Å²) in [5.74, 6) is 0.568. The summed E-state index contributed by atoms with van der Waals surface area (Å²) in [6.07, 6.45) is -0.364. The highest BCUT2D eigenvalue weighted by atomic mass is 16.7. The van der Waals surface area contributed by atoms with Crippen molar-refractivity contribution in [2.75, 3.05) is 20.3 Å². The highest BCUT2D eigenvalue weighted by molar-refractivity contribution is 5.81. The molecule has 4 heteroatoms. The Hall–Kier alpha value is -1.65. The quantitative estimate of drug-likeness (QED) is 0.815. The lowest BCUT2D eigenvalue weighted by molar-refractivity contribution is -0.0457. The molecule has 1 aromatic heterocycles. The molecule has 0 spiro atoms. The molecular formula is C14H15NO3. The Morgan fingerprint density at radius 1 is 1.22 bits per heavy atom. The molecule has 3 rings (SSSR count). The normalized spacial score (nSPS) is 16.3. The van der Waals surface area contributed by atoms with Gasteiger partial charge >= 0.3 is 0 Å². The topological polar surface area (TPSA) is 40.6 Å². The van der Waals surface area contributed by atoms with Gasteiger partial charge in [0.15, 0.2) is 6.29 Å². The van der Waals surface area contributed by atoms with Gasteiger partial charge in [-0.1, -0.05) is 11.6 Å². The fourth-order valence-electron chi connectivity index (χ4n) is 2.16. The largest absolute Gasteiger partial charge is 0.481 e. The zero-order chi connectivity index (χ0) is 12.5. The van der Waals surface area contributed by atoms with E-state index in [9.17, 15) is 0 Å². The molecule has 1 aliphatic rings. The average Bonchev–Trinajstić information content (AvgIpc) is 2.90. The van der Waals surface area contributed by atoms with Crippen LogP contribution in [-0.2, 0) is 9.47 Å². The van der Waals surface area contributed by atoms with Gasteiger partial charge in [0, 0.05) is 5.39 Å². The maximum atomic E-state index is 5.52.